The van der Waals surface area contributed by atoms with Crippen LogP contribution in [-0.2, 0) is 21.9 Å². The van der Waals surface area contributed by atoms with Crippen LogP contribution in [0, 0.1) is 0 Å². The van der Waals surface area contributed by atoms with Crippen LogP contribution in [-0.4, -0.2) is 25.4 Å². The second-order valence-electron chi connectivity index (χ2n) is 6.36. The zero-order valence-corrected chi connectivity index (χ0v) is 15.3. The standard InChI is InChI=1S/C18H17N3O5S/c1-20-15-8-7-14(11-16(15)26-18(20)23)27(24,25)19-12-4-2-5-13(10-12)21-9-3-6-17(21)22/h2,4-5,7-8,10-11,19H,3,6,9H2,1H3. The minimum Gasteiger partial charge on any atom is -0.408 e. The number of sulfonamides is 1. The van der Waals surface area contributed by atoms with Crippen LogP contribution in [0.1, 0.15) is 12.8 Å². The molecule has 1 aliphatic rings. The number of amides is 1. The third-order valence-electron chi connectivity index (χ3n) is 4.56. The fourth-order valence-corrected chi connectivity index (χ4v) is 4.22. The topological polar surface area (TPSA) is 102 Å². The minimum absolute atomic E-state index is 0.0213. The number of carbonyl (C=O) groups excluding carboxylic acids is 1. The average Bonchev–Trinajstić information content (AvgIpc) is 3.18. The lowest BCUT2D eigenvalue weighted by atomic mass is 10.2. The maximum absolute atomic E-state index is 12.7. The minimum atomic E-state index is -3.89. The number of rotatable bonds is 4. The van der Waals surface area contributed by atoms with Gasteiger partial charge in [0.15, 0.2) is 5.58 Å². The molecule has 4 rings (SSSR count). The highest BCUT2D eigenvalue weighted by Gasteiger charge is 2.22. The van der Waals surface area contributed by atoms with Crippen LogP contribution in [0.5, 0.6) is 0 Å². The third kappa shape index (κ3) is 3.10. The Morgan fingerprint density at radius 3 is 2.67 bits per heavy atom. The van der Waals surface area contributed by atoms with Gasteiger partial charge in [0.1, 0.15) is 0 Å². The molecule has 1 N–H and O–H groups in total. The van der Waals surface area contributed by atoms with Crippen LogP contribution in [0.25, 0.3) is 11.1 Å². The first-order valence-corrected chi connectivity index (χ1v) is 9.86. The van der Waals surface area contributed by atoms with E-state index >= 15 is 0 Å². The smallest absolute Gasteiger partial charge is 0.408 e. The van der Waals surface area contributed by atoms with Crippen molar-refractivity contribution < 1.29 is 17.6 Å². The van der Waals surface area contributed by atoms with Gasteiger partial charge in [0.25, 0.3) is 10.0 Å². The quantitative estimate of drug-likeness (QED) is 0.738. The van der Waals surface area contributed by atoms with Gasteiger partial charge in [0.05, 0.1) is 16.1 Å². The number of anilines is 2. The molecule has 3 aromatic rings. The molecule has 0 radical (unpaired) electrons. The lowest BCUT2D eigenvalue weighted by molar-refractivity contribution is -0.117. The van der Waals surface area contributed by atoms with Crippen molar-refractivity contribution in [1.29, 1.82) is 0 Å². The van der Waals surface area contributed by atoms with Gasteiger partial charge in [-0.05, 0) is 36.8 Å². The Labute approximate surface area is 155 Å². The number of nitrogens with one attached hydrogen (secondary N) is 1. The first-order chi connectivity index (χ1) is 12.8. The van der Waals surface area contributed by atoms with Crippen molar-refractivity contribution in [3.8, 4) is 0 Å². The Kier molecular flexibility index (Phi) is 4.03. The van der Waals surface area contributed by atoms with E-state index in [0.717, 1.165) is 6.42 Å². The molecule has 0 unspecified atom stereocenters. The van der Waals surface area contributed by atoms with E-state index in [-0.39, 0.29) is 16.4 Å². The number of hydrogen-bond donors (Lipinski definition) is 1. The van der Waals surface area contributed by atoms with Crippen molar-refractivity contribution >= 4 is 38.4 Å². The van der Waals surface area contributed by atoms with E-state index < -0.39 is 15.8 Å². The molecule has 0 saturated carbocycles. The second kappa shape index (κ2) is 6.27. The number of aromatic nitrogens is 1. The number of fused-ring (bicyclic) bond motifs is 1. The van der Waals surface area contributed by atoms with E-state index in [1.165, 1.54) is 22.8 Å². The first-order valence-electron chi connectivity index (χ1n) is 8.38. The van der Waals surface area contributed by atoms with E-state index in [9.17, 15) is 18.0 Å². The summed E-state index contributed by atoms with van der Waals surface area (Å²) in [5, 5.41) is 0. The molecule has 8 nitrogen and oxygen atoms in total. The third-order valence-corrected chi connectivity index (χ3v) is 5.94. The molecule has 0 aliphatic carbocycles. The summed E-state index contributed by atoms with van der Waals surface area (Å²) in [6, 6.07) is 10.9. The normalized spacial score (nSPS) is 14.9. The molecule has 9 heteroatoms. The predicted octanol–water partition coefficient (Wildman–Crippen LogP) is 2.06. The van der Waals surface area contributed by atoms with Gasteiger partial charge < -0.3 is 9.32 Å². The van der Waals surface area contributed by atoms with Crippen LogP contribution in [0.4, 0.5) is 11.4 Å². The van der Waals surface area contributed by atoms with Crippen LogP contribution >= 0.6 is 0 Å². The zero-order valence-electron chi connectivity index (χ0n) is 14.5. The molecule has 1 amide bonds. The molecule has 2 aromatic carbocycles. The summed E-state index contributed by atoms with van der Waals surface area (Å²) >= 11 is 0. The molecule has 1 aliphatic heterocycles. The number of nitrogens with zero attached hydrogens (tertiary/aromatic N) is 2. The number of aryl methyl sites for hydroxylation is 1. The van der Waals surface area contributed by atoms with Gasteiger partial charge in [-0.25, -0.2) is 13.2 Å². The Hall–Kier alpha value is -3.07. The van der Waals surface area contributed by atoms with Gasteiger partial charge >= 0.3 is 5.76 Å². The van der Waals surface area contributed by atoms with Crippen LogP contribution in [0.15, 0.2) is 56.6 Å². The van der Waals surface area contributed by atoms with Gasteiger partial charge in [0.2, 0.25) is 5.91 Å². The lowest BCUT2D eigenvalue weighted by Gasteiger charge is -2.17. The van der Waals surface area contributed by atoms with Crippen molar-refractivity contribution in [3.63, 3.8) is 0 Å². The molecule has 2 heterocycles. The monoisotopic (exact) mass is 387 g/mol. The average molecular weight is 387 g/mol. The Balaban J connectivity index is 1.65. The SMILES string of the molecule is Cn1c(=O)oc2cc(S(=O)(=O)Nc3cccc(N4CCCC4=O)c3)ccc21. The van der Waals surface area contributed by atoms with Gasteiger partial charge in [-0.1, -0.05) is 6.07 Å². The maximum atomic E-state index is 12.7. The summed E-state index contributed by atoms with van der Waals surface area (Å²) in [5.74, 6) is -0.532. The molecular weight excluding hydrogens is 370 g/mol. The molecule has 0 atom stereocenters. The highest BCUT2D eigenvalue weighted by molar-refractivity contribution is 7.92. The van der Waals surface area contributed by atoms with E-state index in [1.807, 2.05) is 0 Å². The summed E-state index contributed by atoms with van der Waals surface area (Å²) in [5.41, 5.74) is 1.71. The van der Waals surface area contributed by atoms with E-state index in [4.69, 9.17) is 4.42 Å². The fourth-order valence-electron chi connectivity index (χ4n) is 3.15. The predicted molar refractivity (Wildman–Crippen MR) is 100 cm³/mol. The largest absolute Gasteiger partial charge is 0.419 e. The fraction of sp³-hybridized carbons (Fsp3) is 0.222. The maximum Gasteiger partial charge on any atom is 0.419 e. The van der Waals surface area contributed by atoms with Crippen molar-refractivity contribution in [3.05, 3.63) is 53.0 Å². The van der Waals surface area contributed by atoms with Crippen LogP contribution in [0.3, 0.4) is 0 Å². The molecular formula is C18H17N3O5S. The van der Waals surface area contributed by atoms with Gasteiger partial charge in [-0.2, -0.15) is 0 Å². The second-order valence-corrected chi connectivity index (χ2v) is 8.04. The molecule has 0 spiro atoms. The number of oxazole rings is 1. The van der Waals surface area contributed by atoms with Crippen molar-refractivity contribution in [1.82, 2.24) is 4.57 Å². The van der Waals surface area contributed by atoms with Gasteiger partial charge in [-0.15, -0.1) is 0 Å². The Bertz CT molecular complexity index is 1210. The number of benzene rings is 2. The van der Waals surface area contributed by atoms with Gasteiger partial charge in [-0.3, -0.25) is 14.1 Å². The molecule has 140 valence electrons. The molecule has 1 aromatic heterocycles. The summed E-state index contributed by atoms with van der Waals surface area (Å²) in [6.07, 6.45) is 1.29. The van der Waals surface area contributed by atoms with Crippen LogP contribution in [0.2, 0.25) is 0 Å². The summed E-state index contributed by atoms with van der Waals surface area (Å²) in [7, 11) is -2.34. The van der Waals surface area contributed by atoms with Crippen molar-refractivity contribution in [2.75, 3.05) is 16.2 Å². The summed E-state index contributed by atoms with van der Waals surface area (Å²) in [6.45, 7) is 0.624. The molecule has 1 saturated heterocycles. The van der Waals surface area contributed by atoms with Crippen molar-refractivity contribution in [2.45, 2.75) is 17.7 Å². The van der Waals surface area contributed by atoms with E-state index in [0.29, 0.717) is 29.9 Å². The van der Waals surface area contributed by atoms with E-state index in [2.05, 4.69) is 4.72 Å². The van der Waals surface area contributed by atoms with Gasteiger partial charge in [0, 0.05) is 31.8 Å². The molecule has 1 fully saturated rings. The van der Waals surface area contributed by atoms with E-state index in [1.54, 1.807) is 36.2 Å². The highest BCUT2D eigenvalue weighted by Crippen LogP contribution is 2.26. The Morgan fingerprint density at radius 1 is 1.11 bits per heavy atom. The molecule has 27 heavy (non-hydrogen) atoms. The molecule has 0 bridgehead atoms. The number of hydrogen-bond acceptors (Lipinski definition) is 5. The first kappa shape index (κ1) is 17.3. The van der Waals surface area contributed by atoms with Crippen molar-refractivity contribution in [2.24, 2.45) is 7.05 Å². The Morgan fingerprint density at radius 2 is 1.93 bits per heavy atom. The summed E-state index contributed by atoms with van der Waals surface area (Å²) in [4.78, 5) is 25.1. The highest BCUT2D eigenvalue weighted by atomic mass is 32.2. The summed E-state index contributed by atoms with van der Waals surface area (Å²) < 4.78 is 34.3. The lowest BCUT2D eigenvalue weighted by Crippen LogP contribution is -2.23. The zero-order chi connectivity index (χ0) is 19.2. The number of carbonyl (C=O) groups is 1. The van der Waals surface area contributed by atoms with Crippen LogP contribution < -0.4 is 15.4 Å².